The summed E-state index contributed by atoms with van der Waals surface area (Å²) in [5.74, 6) is 1.81. The fraction of sp³-hybridized carbons (Fsp3) is 0.467. The third-order valence-electron chi connectivity index (χ3n) is 5.29. The summed E-state index contributed by atoms with van der Waals surface area (Å²) in [5, 5.41) is 10.8. The van der Waals surface area contributed by atoms with Crippen LogP contribution in [0.2, 0.25) is 0 Å². The molecule has 0 aromatic heterocycles. The SMILES string of the molecule is O=[N+]([O-])c1cccc(S(=O)(=O)N2C[C@@H]3[C@H](C2)[C@H]2C=C[C@H]3C2)c1. The second-order valence-corrected chi connectivity index (χ2v) is 8.29. The molecule has 6 nitrogen and oxygen atoms in total. The van der Waals surface area contributed by atoms with Gasteiger partial charge < -0.3 is 0 Å². The Kier molecular flexibility index (Phi) is 2.93. The van der Waals surface area contributed by atoms with Crippen LogP contribution in [0.15, 0.2) is 41.3 Å². The predicted molar refractivity (Wildman–Crippen MR) is 79.6 cm³/mol. The van der Waals surface area contributed by atoms with Crippen molar-refractivity contribution in [1.29, 1.82) is 0 Å². The van der Waals surface area contributed by atoms with E-state index in [2.05, 4.69) is 12.2 Å². The number of nitro benzene ring substituents is 1. The van der Waals surface area contributed by atoms with Crippen molar-refractivity contribution >= 4 is 15.7 Å². The van der Waals surface area contributed by atoms with Gasteiger partial charge in [0.2, 0.25) is 10.0 Å². The first-order valence-corrected chi connectivity index (χ1v) is 8.84. The molecule has 4 atom stereocenters. The monoisotopic (exact) mass is 320 g/mol. The summed E-state index contributed by atoms with van der Waals surface area (Å²) in [4.78, 5) is 10.3. The highest BCUT2D eigenvalue weighted by atomic mass is 32.2. The van der Waals surface area contributed by atoms with Gasteiger partial charge in [-0.3, -0.25) is 10.1 Å². The fourth-order valence-corrected chi connectivity index (χ4v) is 5.77. The van der Waals surface area contributed by atoms with E-state index >= 15 is 0 Å². The number of non-ortho nitro benzene ring substituents is 1. The van der Waals surface area contributed by atoms with E-state index in [1.807, 2.05) is 0 Å². The Bertz CT molecular complexity index is 754. The van der Waals surface area contributed by atoms with Gasteiger partial charge in [-0.05, 0) is 36.2 Å². The minimum absolute atomic E-state index is 0.0157. The van der Waals surface area contributed by atoms with Gasteiger partial charge in [-0.25, -0.2) is 8.42 Å². The zero-order valence-electron chi connectivity index (χ0n) is 11.8. The summed E-state index contributed by atoms with van der Waals surface area (Å²) >= 11 is 0. The van der Waals surface area contributed by atoms with Gasteiger partial charge in [0, 0.05) is 25.2 Å². The van der Waals surface area contributed by atoms with Crippen LogP contribution in [0.4, 0.5) is 5.69 Å². The molecule has 0 amide bonds. The van der Waals surface area contributed by atoms with Crippen molar-refractivity contribution in [1.82, 2.24) is 4.31 Å². The molecule has 2 aliphatic carbocycles. The largest absolute Gasteiger partial charge is 0.270 e. The number of benzene rings is 1. The van der Waals surface area contributed by atoms with Crippen LogP contribution in [-0.2, 0) is 10.0 Å². The predicted octanol–water partition coefficient (Wildman–Crippen LogP) is 2.04. The molecule has 7 heteroatoms. The Morgan fingerprint density at radius 2 is 1.77 bits per heavy atom. The number of sulfonamides is 1. The summed E-state index contributed by atoms with van der Waals surface area (Å²) in [6.07, 6.45) is 5.59. The zero-order valence-corrected chi connectivity index (χ0v) is 12.6. The molecular weight excluding hydrogens is 304 g/mol. The van der Waals surface area contributed by atoms with Crippen LogP contribution < -0.4 is 0 Å². The molecule has 1 aromatic rings. The lowest BCUT2D eigenvalue weighted by atomic mass is 9.86. The van der Waals surface area contributed by atoms with E-state index in [0.717, 1.165) is 12.5 Å². The van der Waals surface area contributed by atoms with Gasteiger partial charge in [0.25, 0.3) is 5.69 Å². The van der Waals surface area contributed by atoms with Crippen LogP contribution in [-0.4, -0.2) is 30.7 Å². The first-order chi connectivity index (χ1) is 10.5. The quantitative estimate of drug-likeness (QED) is 0.485. The Morgan fingerprint density at radius 3 is 2.36 bits per heavy atom. The average Bonchev–Trinajstić information content (AvgIpc) is 3.19. The molecule has 0 radical (unpaired) electrons. The Morgan fingerprint density at radius 1 is 1.14 bits per heavy atom. The van der Waals surface area contributed by atoms with E-state index in [1.165, 1.54) is 22.5 Å². The van der Waals surface area contributed by atoms with E-state index in [4.69, 9.17) is 0 Å². The molecule has 1 aromatic carbocycles. The van der Waals surface area contributed by atoms with Gasteiger partial charge in [-0.2, -0.15) is 4.31 Å². The summed E-state index contributed by atoms with van der Waals surface area (Å²) in [6, 6.07) is 5.31. The first-order valence-electron chi connectivity index (χ1n) is 7.40. The molecular formula is C15H16N2O4S. The van der Waals surface area contributed by atoms with Crippen LogP contribution >= 0.6 is 0 Å². The maximum atomic E-state index is 12.8. The number of allylic oxidation sites excluding steroid dienone is 2. The van der Waals surface area contributed by atoms with Crippen molar-refractivity contribution in [2.24, 2.45) is 23.7 Å². The molecule has 2 fully saturated rings. The summed E-state index contributed by atoms with van der Waals surface area (Å²) in [7, 11) is -3.65. The number of hydrogen-bond donors (Lipinski definition) is 0. The summed E-state index contributed by atoms with van der Waals surface area (Å²) in [5.41, 5.74) is -0.192. The number of fused-ring (bicyclic) bond motifs is 5. The molecule has 0 unspecified atom stereocenters. The molecule has 1 saturated carbocycles. The summed E-state index contributed by atoms with van der Waals surface area (Å²) in [6.45, 7) is 1.06. The van der Waals surface area contributed by atoms with Crippen LogP contribution in [0.1, 0.15) is 6.42 Å². The Balaban J connectivity index is 1.63. The highest BCUT2D eigenvalue weighted by Gasteiger charge is 2.51. The van der Waals surface area contributed by atoms with Crippen LogP contribution in [0, 0.1) is 33.8 Å². The molecule has 1 aliphatic heterocycles. The molecule has 3 aliphatic rings. The van der Waals surface area contributed by atoms with Gasteiger partial charge >= 0.3 is 0 Å². The molecule has 4 rings (SSSR count). The third-order valence-corrected chi connectivity index (χ3v) is 7.12. The Labute approximate surface area is 128 Å². The summed E-state index contributed by atoms with van der Waals surface area (Å²) < 4.78 is 27.0. The van der Waals surface area contributed by atoms with Crippen molar-refractivity contribution in [2.75, 3.05) is 13.1 Å². The van der Waals surface area contributed by atoms with Crippen LogP contribution in [0.3, 0.4) is 0 Å². The van der Waals surface area contributed by atoms with E-state index in [-0.39, 0.29) is 10.6 Å². The number of nitrogens with zero attached hydrogens (tertiary/aromatic N) is 2. The standard InChI is InChI=1S/C15H16N2O4S/c18-17(19)12-2-1-3-13(7-12)22(20,21)16-8-14-10-4-5-11(6-10)15(14)9-16/h1-5,7,10-11,14-15H,6,8-9H2/t10-,11-,14-,15+/m0/s1. The normalized spacial score (nSPS) is 33.3. The van der Waals surface area contributed by atoms with Gasteiger partial charge in [-0.15, -0.1) is 0 Å². The van der Waals surface area contributed by atoms with Crippen LogP contribution in [0.25, 0.3) is 0 Å². The lowest BCUT2D eigenvalue weighted by Crippen LogP contribution is -2.30. The first kappa shape index (κ1) is 13.9. The smallest absolute Gasteiger partial charge is 0.258 e. The molecule has 1 saturated heterocycles. The van der Waals surface area contributed by atoms with Crippen molar-refractivity contribution < 1.29 is 13.3 Å². The Hall–Kier alpha value is -1.73. The maximum Gasteiger partial charge on any atom is 0.270 e. The highest BCUT2D eigenvalue weighted by molar-refractivity contribution is 7.89. The molecule has 0 spiro atoms. The topological polar surface area (TPSA) is 80.5 Å². The van der Waals surface area contributed by atoms with Gasteiger partial charge in [0.15, 0.2) is 0 Å². The molecule has 1 heterocycles. The van der Waals surface area contributed by atoms with Crippen molar-refractivity contribution in [3.05, 3.63) is 46.5 Å². The van der Waals surface area contributed by atoms with E-state index in [0.29, 0.717) is 36.8 Å². The second-order valence-electron chi connectivity index (χ2n) is 6.35. The van der Waals surface area contributed by atoms with Crippen molar-refractivity contribution in [3.63, 3.8) is 0 Å². The van der Waals surface area contributed by atoms with Crippen molar-refractivity contribution in [2.45, 2.75) is 11.3 Å². The van der Waals surface area contributed by atoms with E-state index < -0.39 is 14.9 Å². The minimum Gasteiger partial charge on any atom is -0.258 e. The number of rotatable bonds is 3. The highest BCUT2D eigenvalue weighted by Crippen LogP contribution is 2.52. The number of nitro groups is 1. The van der Waals surface area contributed by atoms with Crippen molar-refractivity contribution in [3.8, 4) is 0 Å². The lowest BCUT2D eigenvalue weighted by molar-refractivity contribution is -0.385. The number of hydrogen-bond acceptors (Lipinski definition) is 4. The minimum atomic E-state index is -3.65. The fourth-order valence-electron chi connectivity index (χ4n) is 4.22. The van der Waals surface area contributed by atoms with Gasteiger partial charge in [-0.1, -0.05) is 18.2 Å². The van der Waals surface area contributed by atoms with Gasteiger partial charge in [0.1, 0.15) is 0 Å². The molecule has 2 bridgehead atoms. The maximum absolute atomic E-state index is 12.8. The van der Waals surface area contributed by atoms with Gasteiger partial charge in [0.05, 0.1) is 9.82 Å². The molecule has 0 N–H and O–H groups in total. The third kappa shape index (κ3) is 1.92. The molecule has 116 valence electrons. The molecule has 22 heavy (non-hydrogen) atoms. The second kappa shape index (κ2) is 4.63. The van der Waals surface area contributed by atoms with Crippen LogP contribution in [0.5, 0.6) is 0 Å². The van der Waals surface area contributed by atoms with E-state index in [9.17, 15) is 18.5 Å². The zero-order chi connectivity index (χ0) is 15.5. The average molecular weight is 320 g/mol. The van der Waals surface area contributed by atoms with E-state index in [1.54, 1.807) is 0 Å². The lowest BCUT2D eigenvalue weighted by Gasteiger charge is -2.18.